The predicted molar refractivity (Wildman–Crippen MR) is 52.7 cm³/mol. The number of azide groups is 2. The minimum atomic E-state index is 0.0835. The van der Waals surface area contributed by atoms with E-state index in [0.29, 0.717) is 5.52 Å². The fourth-order valence-electron chi connectivity index (χ4n) is 1.14. The lowest BCUT2D eigenvalue weighted by Crippen LogP contribution is -1.92. The van der Waals surface area contributed by atoms with Crippen LogP contribution in [0.15, 0.2) is 22.4 Å². The molecule has 0 aliphatic heterocycles. The van der Waals surface area contributed by atoms with Crippen molar-refractivity contribution >= 4 is 22.4 Å². The highest BCUT2D eigenvalue weighted by molar-refractivity contribution is 5.91. The van der Waals surface area contributed by atoms with Crippen molar-refractivity contribution in [3.63, 3.8) is 0 Å². The van der Waals surface area contributed by atoms with Crippen LogP contribution in [0.1, 0.15) is 0 Å². The lowest BCUT2D eigenvalue weighted by atomic mass is 10.2. The number of nitrogens with zero attached hydrogens (tertiary/aromatic N) is 10. The molecule has 76 valence electrons. The molecule has 1 aromatic heterocycles. The molecule has 2 rings (SSSR count). The molecule has 10 heteroatoms. The van der Waals surface area contributed by atoms with Crippen LogP contribution in [0.25, 0.3) is 31.9 Å². The van der Waals surface area contributed by atoms with Gasteiger partial charge in [-0.1, -0.05) is 10.2 Å². The van der Waals surface area contributed by atoms with Crippen molar-refractivity contribution in [2.75, 3.05) is 0 Å². The van der Waals surface area contributed by atoms with Gasteiger partial charge in [0.1, 0.15) is 11.0 Å². The number of rotatable bonds is 2. The normalized spacial score (nSPS) is 9.25. The second-order valence-electron chi connectivity index (χ2n) is 2.56. The molecule has 0 unspecified atom stereocenters. The summed E-state index contributed by atoms with van der Waals surface area (Å²) < 4.78 is 0. The molecule has 1 heterocycles. The molecule has 0 bridgehead atoms. The molecule has 0 N–H and O–H groups in total. The topological polar surface area (TPSA) is 149 Å². The Morgan fingerprint density at radius 1 is 1.00 bits per heavy atom. The minimum Gasteiger partial charge on any atom is -0.127 e. The molecule has 0 aliphatic rings. The Balaban J connectivity index is 2.88. The molecule has 2 aromatic rings. The summed E-state index contributed by atoms with van der Waals surface area (Å²) in [6.07, 6.45) is 0. The highest BCUT2D eigenvalue weighted by atomic mass is 15.4. The van der Waals surface area contributed by atoms with Crippen LogP contribution in [0.2, 0.25) is 0 Å². The van der Waals surface area contributed by atoms with Crippen LogP contribution in [0, 0.1) is 0 Å². The van der Waals surface area contributed by atoms with Crippen molar-refractivity contribution < 1.29 is 0 Å². The molecule has 0 aliphatic carbocycles. The van der Waals surface area contributed by atoms with Crippen LogP contribution < -0.4 is 0 Å². The van der Waals surface area contributed by atoms with E-state index < -0.39 is 0 Å². The molecule has 0 atom stereocenters. The average molecular weight is 214 g/mol. The second-order valence-corrected chi connectivity index (χ2v) is 2.56. The fourth-order valence-corrected chi connectivity index (χ4v) is 1.14. The first kappa shape index (κ1) is 9.59. The van der Waals surface area contributed by atoms with Gasteiger partial charge in [0.15, 0.2) is 0 Å². The van der Waals surface area contributed by atoms with E-state index in [2.05, 4.69) is 40.7 Å². The summed E-state index contributed by atoms with van der Waals surface area (Å²) in [6.45, 7) is 0. The Morgan fingerprint density at radius 3 is 2.50 bits per heavy atom. The van der Waals surface area contributed by atoms with Crippen molar-refractivity contribution in [2.45, 2.75) is 0 Å². The summed E-state index contributed by atoms with van der Waals surface area (Å²) in [5, 5.41) is 20.8. The molecular formula is C6H2N10. The lowest BCUT2D eigenvalue weighted by molar-refractivity contribution is 0.797. The summed E-state index contributed by atoms with van der Waals surface area (Å²) in [7, 11) is 0. The Labute approximate surface area is 87.2 Å². The summed E-state index contributed by atoms with van der Waals surface area (Å²) in [5.74, 6) is 0. The first-order valence-corrected chi connectivity index (χ1v) is 3.96. The minimum absolute atomic E-state index is 0.0835. The van der Waals surface area contributed by atoms with Crippen molar-refractivity contribution in [1.29, 1.82) is 0 Å². The Hall–Kier alpha value is -2.96. The maximum atomic E-state index is 8.41. The summed E-state index contributed by atoms with van der Waals surface area (Å²) >= 11 is 0. The molecule has 0 radical (unpaired) electrons. The number of benzene rings is 1. The van der Waals surface area contributed by atoms with E-state index in [9.17, 15) is 0 Å². The zero-order chi connectivity index (χ0) is 11.4. The summed E-state index contributed by atoms with van der Waals surface area (Å²) in [5.41, 5.74) is 17.6. The maximum Gasteiger partial charge on any atom is 0.125 e. The van der Waals surface area contributed by atoms with Crippen molar-refractivity contribution in [1.82, 2.24) is 20.6 Å². The van der Waals surface area contributed by atoms with Gasteiger partial charge in [-0.2, -0.15) is 0 Å². The van der Waals surface area contributed by atoms with E-state index in [0.717, 1.165) is 0 Å². The monoisotopic (exact) mass is 214 g/mol. The van der Waals surface area contributed by atoms with E-state index >= 15 is 0 Å². The predicted octanol–water partition coefficient (Wildman–Crippen LogP) is 2.30. The lowest BCUT2D eigenvalue weighted by Gasteiger charge is -2.00. The first-order chi connectivity index (χ1) is 7.86. The van der Waals surface area contributed by atoms with Crippen LogP contribution >= 0.6 is 0 Å². The third-order valence-electron chi connectivity index (χ3n) is 1.74. The standard InChI is InChI=1S/C6H2N10/c7-13-9-3-1-2-4-6(5(3)11-14-8)12-16-15-10-4/h1-2H. The molecule has 16 heavy (non-hydrogen) atoms. The number of fused-ring (bicyclic) bond motifs is 1. The van der Waals surface area contributed by atoms with Crippen LogP contribution in [-0.2, 0) is 0 Å². The highest BCUT2D eigenvalue weighted by Crippen LogP contribution is 2.33. The summed E-state index contributed by atoms with van der Waals surface area (Å²) in [4.78, 5) is 5.24. The maximum absolute atomic E-state index is 8.41. The third-order valence-corrected chi connectivity index (χ3v) is 1.74. The third kappa shape index (κ3) is 1.52. The van der Waals surface area contributed by atoms with Gasteiger partial charge in [-0.05, 0) is 33.6 Å². The van der Waals surface area contributed by atoms with Gasteiger partial charge in [0.25, 0.3) is 0 Å². The van der Waals surface area contributed by atoms with Gasteiger partial charge in [-0.3, -0.25) is 0 Å². The van der Waals surface area contributed by atoms with Crippen molar-refractivity contribution in [2.24, 2.45) is 10.2 Å². The molecular weight excluding hydrogens is 212 g/mol. The van der Waals surface area contributed by atoms with Gasteiger partial charge < -0.3 is 0 Å². The Bertz CT molecular complexity index is 635. The Kier molecular flexibility index (Phi) is 2.43. The van der Waals surface area contributed by atoms with Crippen LogP contribution in [0.4, 0.5) is 11.4 Å². The quantitative estimate of drug-likeness (QED) is 0.427. The number of hydrogen-bond donors (Lipinski definition) is 0. The number of hydrogen-bond acceptors (Lipinski definition) is 6. The first-order valence-electron chi connectivity index (χ1n) is 3.96. The number of aromatic nitrogens is 4. The zero-order valence-corrected chi connectivity index (χ0v) is 7.63. The molecule has 1 aromatic carbocycles. The second kappa shape index (κ2) is 4.05. The molecule has 10 nitrogen and oxygen atoms in total. The van der Waals surface area contributed by atoms with E-state index in [4.69, 9.17) is 11.1 Å². The molecule has 0 fully saturated rings. The van der Waals surface area contributed by atoms with Gasteiger partial charge in [-0.25, -0.2) is 0 Å². The molecule has 0 spiro atoms. The van der Waals surface area contributed by atoms with Gasteiger partial charge in [0.2, 0.25) is 0 Å². The van der Waals surface area contributed by atoms with E-state index in [1.807, 2.05) is 0 Å². The van der Waals surface area contributed by atoms with Crippen LogP contribution in [-0.4, -0.2) is 20.6 Å². The van der Waals surface area contributed by atoms with E-state index in [1.54, 1.807) is 0 Å². The Morgan fingerprint density at radius 2 is 1.75 bits per heavy atom. The van der Waals surface area contributed by atoms with Crippen LogP contribution in [0.3, 0.4) is 0 Å². The van der Waals surface area contributed by atoms with Crippen LogP contribution in [0.5, 0.6) is 0 Å². The highest BCUT2D eigenvalue weighted by Gasteiger charge is 2.07. The van der Waals surface area contributed by atoms with Gasteiger partial charge >= 0.3 is 0 Å². The fraction of sp³-hybridized carbons (Fsp3) is 0. The van der Waals surface area contributed by atoms with E-state index in [1.165, 1.54) is 12.1 Å². The van der Waals surface area contributed by atoms with Gasteiger partial charge in [0, 0.05) is 15.5 Å². The smallest absolute Gasteiger partial charge is 0.125 e. The SMILES string of the molecule is [N-]=[N+]=Nc1ccc2nnnnc2c1N=[N+]=[N-]. The van der Waals surface area contributed by atoms with Gasteiger partial charge in [-0.15, -0.1) is 10.2 Å². The molecule has 0 amide bonds. The summed E-state index contributed by atoms with van der Waals surface area (Å²) in [6, 6.07) is 3.00. The zero-order valence-electron chi connectivity index (χ0n) is 7.63. The van der Waals surface area contributed by atoms with Gasteiger partial charge in [0.05, 0.1) is 5.69 Å². The van der Waals surface area contributed by atoms with E-state index in [-0.39, 0.29) is 16.9 Å². The van der Waals surface area contributed by atoms with Crippen molar-refractivity contribution in [3.05, 3.63) is 33.0 Å². The van der Waals surface area contributed by atoms with Crippen molar-refractivity contribution in [3.8, 4) is 0 Å². The average Bonchev–Trinajstić information content (AvgIpc) is 2.32. The molecule has 0 saturated heterocycles. The molecule has 0 saturated carbocycles. The largest absolute Gasteiger partial charge is 0.127 e.